The molecule has 0 bridgehead atoms. The van der Waals surface area contributed by atoms with Gasteiger partial charge in [-0.25, -0.2) is 14.1 Å². The number of imide groups is 1. The highest BCUT2D eigenvalue weighted by molar-refractivity contribution is 9.10. The van der Waals surface area contributed by atoms with Crippen molar-refractivity contribution in [1.29, 1.82) is 0 Å². The molecule has 1 aliphatic heterocycles. The molecule has 2 N–H and O–H groups in total. The summed E-state index contributed by atoms with van der Waals surface area (Å²) in [5, 5.41) is 11.2. The molecule has 1 saturated heterocycles. The smallest absolute Gasteiger partial charge is 0.329 e. The van der Waals surface area contributed by atoms with Gasteiger partial charge in [0.1, 0.15) is 24.7 Å². The van der Waals surface area contributed by atoms with Gasteiger partial charge in [-0.3, -0.25) is 9.59 Å². The van der Waals surface area contributed by atoms with Gasteiger partial charge < -0.3 is 19.9 Å². The van der Waals surface area contributed by atoms with Crippen LogP contribution in [0.15, 0.2) is 46.6 Å². The van der Waals surface area contributed by atoms with Gasteiger partial charge in [-0.2, -0.15) is 0 Å². The molecule has 0 saturated carbocycles. The van der Waals surface area contributed by atoms with Crippen molar-refractivity contribution in [3.63, 3.8) is 0 Å². The second kappa shape index (κ2) is 9.61. The molecular formula is C21H18BrFN2O6. The zero-order valence-electron chi connectivity index (χ0n) is 16.4. The van der Waals surface area contributed by atoms with Crippen LogP contribution in [0.25, 0.3) is 6.08 Å². The summed E-state index contributed by atoms with van der Waals surface area (Å²) in [6.45, 7) is 1.50. The van der Waals surface area contributed by atoms with E-state index in [0.29, 0.717) is 38.6 Å². The molecule has 1 fully saturated rings. The third-order valence-corrected chi connectivity index (χ3v) is 4.76. The van der Waals surface area contributed by atoms with Crippen LogP contribution in [0.3, 0.4) is 0 Å². The lowest BCUT2D eigenvalue weighted by molar-refractivity contribution is -0.140. The van der Waals surface area contributed by atoms with Crippen LogP contribution in [0.1, 0.15) is 18.1 Å². The Morgan fingerprint density at radius 1 is 1.26 bits per heavy atom. The number of nitrogens with one attached hydrogen (secondary N) is 1. The van der Waals surface area contributed by atoms with E-state index in [4.69, 9.17) is 14.6 Å². The topological polar surface area (TPSA) is 105 Å². The Bertz CT molecular complexity index is 1070. The normalized spacial score (nSPS) is 14.7. The van der Waals surface area contributed by atoms with Crippen LogP contribution in [0.2, 0.25) is 0 Å². The zero-order valence-corrected chi connectivity index (χ0v) is 17.9. The molecule has 3 rings (SSSR count). The van der Waals surface area contributed by atoms with Crippen LogP contribution in [-0.4, -0.2) is 41.1 Å². The molecule has 0 atom stereocenters. The third kappa shape index (κ3) is 5.40. The Morgan fingerprint density at radius 3 is 2.71 bits per heavy atom. The van der Waals surface area contributed by atoms with Crippen LogP contribution in [0.4, 0.5) is 9.18 Å². The number of halogens is 2. The van der Waals surface area contributed by atoms with Gasteiger partial charge in [-0.1, -0.05) is 12.1 Å². The molecule has 1 heterocycles. The largest absolute Gasteiger partial charge is 0.490 e. The summed E-state index contributed by atoms with van der Waals surface area (Å²) in [6, 6.07) is 8.48. The van der Waals surface area contributed by atoms with Crippen molar-refractivity contribution in [2.24, 2.45) is 0 Å². The average Bonchev–Trinajstić information content (AvgIpc) is 2.94. The number of urea groups is 1. The summed E-state index contributed by atoms with van der Waals surface area (Å²) < 4.78 is 25.4. The fourth-order valence-electron chi connectivity index (χ4n) is 2.87. The van der Waals surface area contributed by atoms with Crippen LogP contribution in [0, 0.1) is 5.82 Å². The average molecular weight is 493 g/mol. The quantitative estimate of drug-likeness (QED) is 0.431. The maximum atomic E-state index is 13.4. The minimum Gasteiger partial charge on any atom is -0.490 e. The second-order valence-corrected chi connectivity index (χ2v) is 7.31. The number of carbonyl (C=O) groups excluding carboxylic acids is 2. The molecule has 2 aromatic rings. The molecule has 0 aliphatic carbocycles. The number of nitrogens with zero attached hydrogens (tertiary/aromatic N) is 1. The van der Waals surface area contributed by atoms with Crippen LogP contribution in [0.5, 0.6) is 11.5 Å². The van der Waals surface area contributed by atoms with E-state index in [-0.39, 0.29) is 18.1 Å². The van der Waals surface area contributed by atoms with E-state index in [1.165, 1.54) is 18.2 Å². The minimum absolute atomic E-state index is 0.0611. The molecule has 0 radical (unpaired) electrons. The second-order valence-electron chi connectivity index (χ2n) is 6.45. The number of benzene rings is 2. The highest BCUT2D eigenvalue weighted by Crippen LogP contribution is 2.38. The lowest BCUT2D eigenvalue weighted by Gasteiger charge is -2.15. The molecule has 0 spiro atoms. The molecule has 0 aromatic heterocycles. The van der Waals surface area contributed by atoms with E-state index in [1.807, 2.05) is 0 Å². The Kier molecular flexibility index (Phi) is 6.91. The molecular weight excluding hydrogens is 475 g/mol. The van der Waals surface area contributed by atoms with Gasteiger partial charge in [0.2, 0.25) is 0 Å². The highest BCUT2D eigenvalue weighted by atomic mass is 79.9. The van der Waals surface area contributed by atoms with E-state index in [9.17, 15) is 18.8 Å². The fourth-order valence-corrected chi connectivity index (χ4v) is 3.45. The van der Waals surface area contributed by atoms with Gasteiger partial charge in [-0.15, -0.1) is 0 Å². The highest BCUT2D eigenvalue weighted by Gasteiger charge is 2.34. The fraction of sp³-hybridized carbons (Fsp3) is 0.190. The van der Waals surface area contributed by atoms with Crippen molar-refractivity contribution in [3.05, 3.63) is 63.5 Å². The number of rotatable bonds is 8. The number of hydrogen-bond acceptors (Lipinski definition) is 5. The summed E-state index contributed by atoms with van der Waals surface area (Å²) in [4.78, 5) is 35.6. The van der Waals surface area contributed by atoms with Gasteiger partial charge in [-0.05, 0) is 64.3 Å². The standard InChI is InChI=1S/C21H18BrFN2O6/c1-2-30-17-9-13(8-16-20(28)25(10-18(26)27)21(29)24-16)7-15(22)19(17)31-11-12-4-3-5-14(23)6-12/h3-9H,2,10-11H2,1H3,(H,24,29)(H,26,27)/b16-8+. The van der Waals surface area contributed by atoms with E-state index < -0.39 is 24.5 Å². The van der Waals surface area contributed by atoms with Crippen molar-refractivity contribution < 1.29 is 33.4 Å². The molecule has 3 amide bonds. The maximum Gasteiger partial charge on any atom is 0.329 e. The number of amides is 3. The Balaban J connectivity index is 1.86. The lowest BCUT2D eigenvalue weighted by atomic mass is 10.1. The maximum absolute atomic E-state index is 13.4. The molecule has 2 aromatic carbocycles. The lowest BCUT2D eigenvalue weighted by Crippen LogP contribution is -2.35. The van der Waals surface area contributed by atoms with Crippen LogP contribution in [-0.2, 0) is 16.2 Å². The van der Waals surface area contributed by atoms with E-state index >= 15 is 0 Å². The number of ether oxygens (including phenoxy) is 2. The first-order valence-electron chi connectivity index (χ1n) is 9.18. The van der Waals surface area contributed by atoms with Gasteiger partial charge >= 0.3 is 12.0 Å². The molecule has 0 unspecified atom stereocenters. The summed E-state index contributed by atoms with van der Waals surface area (Å²) in [5.41, 5.74) is 1.08. The summed E-state index contributed by atoms with van der Waals surface area (Å²) in [6.07, 6.45) is 1.41. The number of hydrogen-bond donors (Lipinski definition) is 2. The molecule has 162 valence electrons. The number of carbonyl (C=O) groups is 3. The number of carboxylic acid groups (broad SMARTS) is 1. The summed E-state index contributed by atoms with van der Waals surface area (Å²) in [5.74, 6) is -1.65. The van der Waals surface area contributed by atoms with Gasteiger partial charge in [0.15, 0.2) is 11.5 Å². The zero-order chi connectivity index (χ0) is 22.5. The number of aliphatic carboxylic acids is 1. The van der Waals surface area contributed by atoms with Crippen LogP contribution >= 0.6 is 15.9 Å². The molecule has 31 heavy (non-hydrogen) atoms. The minimum atomic E-state index is -1.30. The SMILES string of the molecule is CCOc1cc(/C=C2/NC(=O)N(CC(=O)O)C2=O)cc(Br)c1OCc1cccc(F)c1. The van der Waals surface area contributed by atoms with Crippen molar-refractivity contribution in [2.45, 2.75) is 13.5 Å². The van der Waals surface area contributed by atoms with Crippen molar-refractivity contribution in [1.82, 2.24) is 10.2 Å². The van der Waals surface area contributed by atoms with Gasteiger partial charge in [0, 0.05) is 0 Å². The molecule has 8 nitrogen and oxygen atoms in total. The molecule has 10 heteroatoms. The Morgan fingerprint density at radius 2 is 2.03 bits per heavy atom. The van der Waals surface area contributed by atoms with E-state index in [2.05, 4.69) is 21.2 Å². The van der Waals surface area contributed by atoms with Crippen molar-refractivity contribution in [2.75, 3.05) is 13.2 Å². The monoisotopic (exact) mass is 492 g/mol. The first-order chi connectivity index (χ1) is 14.8. The Hall–Kier alpha value is -3.40. The van der Waals surface area contributed by atoms with Gasteiger partial charge in [0.05, 0.1) is 11.1 Å². The first kappa shape index (κ1) is 22.3. The third-order valence-electron chi connectivity index (χ3n) is 4.17. The van der Waals surface area contributed by atoms with Crippen LogP contribution < -0.4 is 14.8 Å². The van der Waals surface area contributed by atoms with Crippen molar-refractivity contribution >= 4 is 39.9 Å². The first-order valence-corrected chi connectivity index (χ1v) is 9.97. The molecule has 1 aliphatic rings. The van der Waals surface area contributed by atoms with Crippen molar-refractivity contribution in [3.8, 4) is 11.5 Å². The van der Waals surface area contributed by atoms with E-state index in [1.54, 1.807) is 31.2 Å². The predicted octanol–water partition coefficient (Wildman–Crippen LogP) is 3.54. The van der Waals surface area contributed by atoms with Gasteiger partial charge in [0.25, 0.3) is 5.91 Å². The summed E-state index contributed by atoms with van der Waals surface area (Å²) in [7, 11) is 0. The Labute approximate surface area is 185 Å². The predicted molar refractivity (Wildman–Crippen MR) is 112 cm³/mol. The summed E-state index contributed by atoms with van der Waals surface area (Å²) >= 11 is 3.41. The van der Waals surface area contributed by atoms with E-state index in [0.717, 1.165) is 0 Å². The number of carboxylic acids is 1.